The van der Waals surface area contributed by atoms with Crippen LogP contribution < -0.4 is 5.32 Å². The van der Waals surface area contributed by atoms with Gasteiger partial charge in [0.2, 0.25) is 0 Å². The van der Waals surface area contributed by atoms with Crippen LogP contribution in [0, 0.1) is 5.82 Å². The Morgan fingerprint density at radius 2 is 2.10 bits per heavy atom. The first kappa shape index (κ1) is 16.2. The summed E-state index contributed by atoms with van der Waals surface area (Å²) in [6.45, 7) is 4.98. The number of hydrogen-bond acceptors (Lipinski definition) is 2. The normalized spacial score (nSPS) is 19.4. The topological polar surface area (TPSA) is 15.3 Å². The molecule has 0 radical (unpaired) electrons. The smallest absolute Gasteiger partial charge is 0.315 e. The summed E-state index contributed by atoms with van der Waals surface area (Å²) >= 11 is 0. The molecule has 2 nitrogen and oxygen atoms in total. The van der Waals surface area contributed by atoms with Crippen LogP contribution in [0.15, 0.2) is 18.2 Å². The minimum atomic E-state index is -4.50. The lowest BCUT2D eigenvalue weighted by molar-refractivity contribution is -0.137. The molecule has 0 aliphatic carbocycles. The molecule has 0 bridgehead atoms. The van der Waals surface area contributed by atoms with E-state index in [1.807, 2.05) is 6.92 Å². The van der Waals surface area contributed by atoms with Crippen molar-refractivity contribution in [3.05, 3.63) is 35.1 Å². The number of hydrogen-bond donors (Lipinski definition) is 1. The van der Waals surface area contributed by atoms with Gasteiger partial charge >= 0.3 is 6.18 Å². The van der Waals surface area contributed by atoms with E-state index in [1.165, 1.54) is 6.07 Å². The number of nitrogens with zero attached hydrogens (tertiary/aromatic N) is 1. The summed E-state index contributed by atoms with van der Waals surface area (Å²) in [6, 6.07) is 3.12. The van der Waals surface area contributed by atoms with E-state index in [1.54, 1.807) is 0 Å². The predicted molar refractivity (Wildman–Crippen MR) is 73.4 cm³/mol. The molecule has 1 saturated heterocycles. The molecule has 1 aliphatic heterocycles. The largest absolute Gasteiger partial charge is 0.416 e. The Morgan fingerprint density at radius 1 is 1.33 bits per heavy atom. The Bertz CT molecular complexity index is 467. The van der Waals surface area contributed by atoms with Crippen LogP contribution in [0.25, 0.3) is 0 Å². The van der Waals surface area contributed by atoms with Gasteiger partial charge in [-0.25, -0.2) is 4.39 Å². The highest BCUT2D eigenvalue weighted by Crippen LogP contribution is 2.30. The predicted octanol–water partition coefficient (Wildman–Crippen LogP) is 3.42. The van der Waals surface area contributed by atoms with E-state index < -0.39 is 17.6 Å². The zero-order valence-corrected chi connectivity index (χ0v) is 12.0. The highest BCUT2D eigenvalue weighted by molar-refractivity contribution is 5.26. The Kier molecular flexibility index (Phi) is 5.22. The van der Waals surface area contributed by atoms with E-state index in [9.17, 15) is 17.6 Å². The Balaban J connectivity index is 2.13. The Labute approximate surface area is 122 Å². The second kappa shape index (κ2) is 6.75. The van der Waals surface area contributed by atoms with Crippen LogP contribution in [0.5, 0.6) is 0 Å². The maximum Gasteiger partial charge on any atom is 0.416 e. The molecule has 0 amide bonds. The van der Waals surface area contributed by atoms with Crippen molar-refractivity contribution in [2.45, 2.75) is 38.5 Å². The molecule has 0 aromatic heterocycles. The van der Waals surface area contributed by atoms with Gasteiger partial charge in [-0.3, -0.25) is 4.90 Å². The van der Waals surface area contributed by atoms with E-state index in [0.717, 1.165) is 38.5 Å². The second-order valence-corrected chi connectivity index (χ2v) is 5.42. The van der Waals surface area contributed by atoms with Crippen LogP contribution >= 0.6 is 0 Å². The monoisotopic (exact) mass is 304 g/mol. The molecule has 1 atom stereocenters. The first-order valence-electron chi connectivity index (χ1n) is 7.22. The van der Waals surface area contributed by atoms with Crippen molar-refractivity contribution in [3.8, 4) is 0 Å². The van der Waals surface area contributed by atoms with Crippen molar-refractivity contribution < 1.29 is 17.6 Å². The number of nitrogens with one attached hydrogen (secondary N) is 1. The van der Waals surface area contributed by atoms with Crippen LogP contribution in [0.1, 0.15) is 30.9 Å². The van der Waals surface area contributed by atoms with Gasteiger partial charge in [0.25, 0.3) is 0 Å². The molecule has 1 heterocycles. The van der Waals surface area contributed by atoms with E-state index in [4.69, 9.17) is 0 Å². The summed E-state index contributed by atoms with van der Waals surface area (Å²) in [4.78, 5) is 2.14. The van der Waals surface area contributed by atoms with Gasteiger partial charge in [-0.1, -0.05) is 13.0 Å². The van der Waals surface area contributed by atoms with E-state index >= 15 is 0 Å². The fourth-order valence-corrected chi connectivity index (χ4v) is 2.70. The SMILES string of the molecule is CCCN(Cc1ccc(C(F)(F)F)cc1F)[C@H]1CCNC1. The summed E-state index contributed by atoms with van der Waals surface area (Å²) in [6.07, 6.45) is -2.58. The van der Waals surface area contributed by atoms with Gasteiger partial charge < -0.3 is 5.32 Å². The van der Waals surface area contributed by atoms with Crippen molar-refractivity contribution in [2.75, 3.05) is 19.6 Å². The van der Waals surface area contributed by atoms with Gasteiger partial charge in [0.1, 0.15) is 5.82 Å². The standard InChI is InChI=1S/C15H20F4N2/c1-2-7-21(13-5-6-20-9-13)10-11-3-4-12(8-14(11)16)15(17,18)19/h3-4,8,13,20H,2,5-7,9-10H2,1H3/t13-/m0/s1. The lowest BCUT2D eigenvalue weighted by atomic mass is 10.1. The molecular formula is C15H20F4N2. The second-order valence-electron chi connectivity index (χ2n) is 5.42. The molecule has 1 aromatic rings. The van der Waals surface area contributed by atoms with Gasteiger partial charge in [0.15, 0.2) is 0 Å². The number of alkyl halides is 3. The van der Waals surface area contributed by atoms with Gasteiger partial charge in [-0.15, -0.1) is 0 Å². The van der Waals surface area contributed by atoms with Crippen molar-refractivity contribution in [3.63, 3.8) is 0 Å². The molecule has 118 valence electrons. The molecule has 0 spiro atoms. The molecule has 1 aromatic carbocycles. The first-order chi connectivity index (χ1) is 9.91. The Hall–Kier alpha value is -1.14. The number of halogens is 4. The average Bonchev–Trinajstić information content (AvgIpc) is 2.93. The summed E-state index contributed by atoms with van der Waals surface area (Å²) in [5.74, 6) is -0.781. The quantitative estimate of drug-likeness (QED) is 0.839. The van der Waals surface area contributed by atoms with Gasteiger partial charge in [0.05, 0.1) is 5.56 Å². The van der Waals surface area contributed by atoms with Gasteiger partial charge in [-0.2, -0.15) is 13.2 Å². The fraction of sp³-hybridized carbons (Fsp3) is 0.600. The maximum absolute atomic E-state index is 13.9. The molecule has 6 heteroatoms. The summed E-state index contributed by atoms with van der Waals surface area (Å²) in [5, 5.41) is 3.26. The van der Waals surface area contributed by atoms with Crippen LogP contribution in [0.3, 0.4) is 0 Å². The van der Waals surface area contributed by atoms with Gasteiger partial charge in [-0.05, 0) is 38.1 Å². The molecular weight excluding hydrogens is 284 g/mol. The molecule has 0 saturated carbocycles. The lowest BCUT2D eigenvalue weighted by Crippen LogP contribution is -2.37. The lowest BCUT2D eigenvalue weighted by Gasteiger charge is -2.28. The van der Waals surface area contributed by atoms with Crippen molar-refractivity contribution in [1.82, 2.24) is 10.2 Å². The third-order valence-electron chi connectivity index (χ3n) is 3.82. The first-order valence-corrected chi connectivity index (χ1v) is 7.22. The highest BCUT2D eigenvalue weighted by Gasteiger charge is 2.31. The third-order valence-corrected chi connectivity index (χ3v) is 3.82. The number of benzene rings is 1. The summed E-state index contributed by atoms with van der Waals surface area (Å²) in [7, 11) is 0. The number of rotatable bonds is 5. The minimum absolute atomic E-state index is 0.323. The van der Waals surface area contributed by atoms with Crippen molar-refractivity contribution >= 4 is 0 Å². The van der Waals surface area contributed by atoms with E-state index in [0.29, 0.717) is 24.2 Å². The zero-order valence-electron chi connectivity index (χ0n) is 12.0. The van der Waals surface area contributed by atoms with Crippen LogP contribution in [-0.4, -0.2) is 30.6 Å². The minimum Gasteiger partial charge on any atom is -0.315 e. The van der Waals surface area contributed by atoms with Crippen LogP contribution in [0.4, 0.5) is 17.6 Å². The van der Waals surface area contributed by atoms with Crippen molar-refractivity contribution in [2.24, 2.45) is 0 Å². The van der Waals surface area contributed by atoms with Gasteiger partial charge in [0, 0.05) is 24.7 Å². The molecule has 21 heavy (non-hydrogen) atoms. The summed E-state index contributed by atoms with van der Waals surface area (Å²) in [5.41, 5.74) is -0.614. The van der Waals surface area contributed by atoms with Crippen molar-refractivity contribution in [1.29, 1.82) is 0 Å². The molecule has 1 N–H and O–H groups in total. The van der Waals surface area contributed by atoms with Crippen LogP contribution in [0.2, 0.25) is 0 Å². The fourth-order valence-electron chi connectivity index (χ4n) is 2.70. The zero-order chi connectivity index (χ0) is 15.5. The molecule has 2 rings (SSSR count). The van der Waals surface area contributed by atoms with Crippen LogP contribution in [-0.2, 0) is 12.7 Å². The molecule has 1 aliphatic rings. The van der Waals surface area contributed by atoms with E-state index in [-0.39, 0.29) is 0 Å². The maximum atomic E-state index is 13.9. The van der Waals surface area contributed by atoms with E-state index in [2.05, 4.69) is 10.2 Å². The molecule has 1 fully saturated rings. The average molecular weight is 304 g/mol. The molecule has 0 unspecified atom stereocenters. The summed E-state index contributed by atoms with van der Waals surface area (Å²) < 4.78 is 51.6. The highest BCUT2D eigenvalue weighted by atomic mass is 19.4. The third kappa shape index (κ3) is 4.17. The Morgan fingerprint density at radius 3 is 2.62 bits per heavy atom.